The average Bonchev–Trinajstić information content (AvgIpc) is 2.81. The van der Waals surface area contributed by atoms with Crippen LogP contribution < -0.4 is 5.32 Å². The van der Waals surface area contributed by atoms with Crippen LogP contribution in [0.2, 0.25) is 0 Å². The zero-order chi connectivity index (χ0) is 10.0. The van der Waals surface area contributed by atoms with E-state index in [1.165, 1.54) is 6.92 Å². The van der Waals surface area contributed by atoms with Gasteiger partial charge in [-0.05, 0) is 19.8 Å². The molecule has 2 unspecified atom stereocenters. The third kappa shape index (κ3) is 2.69. The van der Waals surface area contributed by atoms with E-state index in [0.29, 0.717) is 0 Å². The van der Waals surface area contributed by atoms with Crippen molar-refractivity contribution in [3.8, 4) is 0 Å². The van der Waals surface area contributed by atoms with E-state index in [1.54, 1.807) is 0 Å². The maximum Gasteiger partial charge on any atom is 0.321 e. The molecule has 5 nitrogen and oxygen atoms in total. The fraction of sp³-hybridized carbons (Fsp3) is 0.750. The van der Waals surface area contributed by atoms with Gasteiger partial charge in [-0.15, -0.1) is 0 Å². The number of nitrogens with one attached hydrogen (secondary N) is 1. The summed E-state index contributed by atoms with van der Waals surface area (Å²) in [6.45, 7) is 1.40. The van der Waals surface area contributed by atoms with Crippen LogP contribution in [0.3, 0.4) is 0 Å². The summed E-state index contributed by atoms with van der Waals surface area (Å²) in [4.78, 5) is 21.2. The van der Waals surface area contributed by atoms with Crippen LogP contribution in [0.1, 0.15) is 19.8 Å². The Morgan fingerprint density at radius 1 is 1.31 bits per heavy atom. The Balaban J connectivity index is 2.54. The molecule has 0 heterocycles. The highest BCUT2D eigenvalue weighted by atomic mass is 16.4. The minimum atomic E-state index is -1.10. The van der Waals surface area contributed by atoms with Crippen LogP contribution >= 0.6 is 0 Å². The molecule has 3 N–H and O–H groups in total. The summed E-state index contributed by atoms with van der Waals surface area (Å²) in [5, 5.41) is 20.2. The summed E-state index contributed by atoms with van der Waals surface area (Å²) in [6.07, 6.45) is 1.88. The molecular weight excluding hydrogens is 174 g/mol. The minimum Gasteiger partial charge on any atom is -0.481 e. The van der Waals surface area contributed by atoms with Crippen molar-refractivity contribution in [1.82, 2.24) is 5.32 Å². The van der Waals surface area contributed by atoms with Crippen LogP contribution in [-0.2, 0) is 9.59 Å². The third-order valence-corrected chi connectivity index (χ3v) is 2.15. The first-order chi connectivity index (χ1) is 6.02. The molecule has 1 aliphatic carbocycles. The highest BCUT2D eigenvalue weighted by molar-refractivity contribution is 5.82. The maximum atomic E-state index is 10.7. The number of rotatable bonds is 5. The molecule has 0 aromatic carbocycles. The first kappa shape index (κ1) is 9.98. The highest BCUT2D eigenvalue weighted by Gasteiger charge is 2.34. The molecule has 0 radical (unpaired) electrons. The highest BCUT2D eigenvalue weighted by Crippen LogP contribution is 2.21. The van der Waals surface area contributed by atoms with Crippen LogP contribution in [0.25, 0.3) is 0 Å². The maximum absolute atomic E-state index is 10.7. The lowest BCUT2D eigenvalue weighted by atomic mass is 10.0. The molecule has 0 bridgehead atoms. The molecule has 0 saturated heterocycles. The fourth-order valence-corrected chi connectivity index (χ4v) is 1.08. The van der Waals surface area contributed by atoms with Gasteiger partial charge in [-0.2, -0.15) is 0 Å². The zero-order valence-corrected chi connectivity index (χ0v) is 7.36. The minimum absolute atomic E-state index is 0.197. The Kier molecular flexibility index (Phi) is 2.87. The molecule has 0 spiro atoms. The summed E-state index contributed by atoms with van der Waals surface area (Å²) in [6, 6.07) is -0.770. The van der Waals surface area contributed by atoms with Gasteiger partial charge in [-0.3, -0.25) is 9.59 Å². The van der Waals surface area contributed by atoms with Gasteiger partial charge in [-0.25, -0.2) is 0 Å². The lowest BCUT2D eigenvalue weighted by Crippen LogP contribution is -2.45. The average molecular weight is 187 g/mol. The molecule has 1 saturated carbocycles. The van der Waals surface area contributed by atoms with Crippen molar-refractivity contribution >= 4 is 11.9 Å². The van der Waals surface area contributed by atoms with Gasteiger partial charge in [0.25, 0.3) is 0 Å². The van der Waals surface area contributed by atoms with Crippen molar-refractivity contribution < 1.29 is 19.8 Å². The van der Waals surface area contributed by atoms with E-state index < -0.39 is 23.9 Å². The fourth-order valence-electron chi connectivity index (χ4n) is 1.08. The van der Waals surface area contributed by atoms with Gasteiger partial charge in [0.05, 0.1) is 5.92 Å². The molecular formula is C8H13NO4. The van der Waals surface area contributed by atoms with Gasteiger partial charge in [0.15, 0.2) is 0 Å². The number of carboxylic acid groups (broad SMARTS) is 2. The van der Waals surface area contributed by atoms with E-state index in [2.05, 4.69) is 5.32 Å². The Bertz CT molecular complexity index is 224. The van der Waals surface area contributed by atoms with Crippen molar-refractivity contribution in [2.45, 2.75) is 31.8 Å². The van der Waals surface area contributed by atoms with Gasteiger partial charge in [0.2, 0.25) is 0 Å². The van der Waals surface area contributed by atoms with Crippen molar-refractivity contribution in [3.63, 3.8) is 0 Å². The number of carboxylic acids is 2. The van der Waals surface area contributed by atoms with Crippen LogP contribution in [0.15, 0.2) is 0 Å². The molecule has 1 rings (SSSR count). The van der Waals surface area contributed by atoms with Crippen LogP contribution in [-0.4, -0.2) is 34.2 Å². The number of aliphatic carboxylic acids is 2. The Labute approximate surface area is 75.7 Å². The second-order valence-electron chi connectivity index (χ2n) is 3.38. The molecule has 1 aliphatic rings. The molecule has 2 atom stereocenters. The standard InChI is InChI=1S/C8H13NO4/c1-4(7(10)11)6(8(12)13)9-5-2-3-5/h4-6,9H,2-3H2,1H3,(H,10,11)(H,12,13). The summed E-state index contributed by atoms with van der Waals surface area (Å²) >= 11 is 0. The number of hydrogen-bond donors (Lipinski definition) is 3. The lowest BCUT2D eigenvalue weighted by Gasteiger charge is -2.17. The van der Waals surface area contributed by atoms with E-state index in [4.69, 9.17) is 10.2 Å². The van der Waals surface area contributed by atoms with Crippen molar-refractivity contribution in [2.24, 2.45) is 5.92 Å². The summed E-state index contributed by atoms with van der Waals surface area (Å²) < 4.78 is 0. The van der Waals surface area contributed by atoms with Gasteiger partial charge in [-0.1, -0.05) is 0 Å². The van der Waals surface area contributed by atoms with Gasteiger partial charge < -0.3 is 15.5 Å². The third-order valence-electron chi connectivity index (χ3n) is 2.15. The smallest absolute Gasteiger partial charge is 0.321 e. The van der Waals surface area contributed by atoms with E-state index in [-0.39, 0.29) is 6.04 Å². The molecule has 1 fully saturated rings. The molecule has 0 aromatic heterocycles. The number of hydrogen-bond acceptors (Lipinski definition) is 3. The summed E-state index contributed by atoms with van der Waals surface area (Å²) in [5.41, 5.74) is 0. The van der Waals surface area contributed by atoms with E-state index in [9.17, 15) is 9.59 Å². The topological polar surface area (TPSA) is 86.6 Å². The van der Waals surface area contributed by atoms with Crippen molar-refractivity contribution in [3.05, 3.63) is 0 Å². The Morgan fingerprint density at radius 3 is 2.15 bits per heavy atom. The molecule has 74 valence electrons. The second kappa shape index (κ2) is 3.74. The largest absolute Gasteiger partial charge is 0.481 e. The van der Waals surface area contributed by atoms with Gasteiger partial charge in [0.1, 0.15) is 6.04 Å². The predicted molar refractivity (Wildman–Crippen MR) is 44.4 cm³/mol. The molecule has 0 aromatic rings. The van der Waals surface area contributed by atoms with E-state index >= 15 is 0 Å². The van der Waals surface area contributed by atoms with Crippen molar-refractivity contribution in [2.75, 3.05) is 0 Å². The quantitative estimate of drug-likeness (QED) is 0.560. The van der Waals surface area contributed by atoms with Crippen LogP contribution in [0.4, 0.5) is 0 Å². The Hall–Kier alpha value is -1.10. The number of carbonyl (C=O) groups is 2. The van der Waals surface area contributed by atoms with Crippen LogP contribution in [0.5, 0.6) is 0 Å². The van der Waals surface area contributed by atoms with E-state index in [1.807, 2.05) is 0 Å². The van der Waals surface area contributed by atoms with Gasteiger partial charge >= 0.3 is 11.9 Å². The van der Waals surface area contributed by atoms with E-state index in [0.717, 1.165) is 12.8 Å². The second-order valence-corrected chi connectivity index (χ2v) is 3.38. The molecule has 5 heteroatoms. The molecule has 0 amide bonds. The monoisotopic (exact) mass is 187 g/mol. The molecule has 0 aliphatic heterocycles. The predicted octanol–water partition coefficient (Wildman–Crippen LogP) is -0.0877. The summed E-state index contributed by atoms with van der Waals surface area (Å²) in [5.74, 6) is -3.07. The molecule has 13 heavy (non-hydrogen) atoms. The van der Waals surface area contributed by atoms with Crippen molar-refractivity contribution in [1.29, 1.82) is 0 Å². The summed E-state index contributed by atoms with van der Waals surface area (Å²) in [7, 11) is 0. The Morgan fingerprint density at radius 2 is 1.85 bits per heavy atom. The SMILES string of the molecule is CC(C(=O)O)C(NC1CC1)C(=O)O. The normalized spacial score (nSPS) is 20.7. The first-order valence-corrected chi connectivity index (χ1v) is 4.24. The van der Waals surface area contributed by atoms with Crippen LogP contribution in [0, 0.1) is 5.92 Å². The van der Waals surface area contributed by atoms with Gasteiger partial charge in [0, 0.05) is 6.04 Å². The first-order valence-electron chi connectivity index (χ1n) is 4.24. The zero-order valence-electron chi connectivity index (χ0n) is 7.36. The lowest BCUT2D eigenvalue weighted by molar-refractivity contribution is -0.150.